The SMILES string of the molecule is CCC(COC)NS(=O)(=O)c1cc(N)c(C)c(F)c1. The standard InChI is InChI=1S/C12H19FN2O3S/c1-4-9(7-18-3)15-19(16,17)10-5-11(13)8(2)12(14)6-10/h5-6,9,15H,4,7,14H2,1-3H3. The Hall–Kier alpha value is -1.18. The van der Waals surface area contributed by atoms with Gasteiger partial charge in [0, 0.05) is 24.4 Å². The van der Waals surface area contributed by atoms with Crippen LogP contribution in [0.1, 0.15) is 18.9 Å². The number of benzene rings is 1. The number of anilines is 1. The maximum atomic E-state index is 13.5. The van der Waals surface area contributed by atoms with Gasteiger partial charge in [-0.3, -0.25) is 0 Å². The highest BCUT2D eigenvalue weighted by Gasteiger charge is 2.21. The minimum absolute atomic E-state index is 0.111. The van der Waals surface area contributed by atoms with Crippen LogP contribution in [-0.4, -0.2) is 28.2 Å². The summed E-state index contributed by atoms with van der Waals surface area (Å²) in [6.45, 7) is 3.57. The highest BCUT2D eigenvalue weighted by atomic mass is 32.2. The lowest BCUT2D eigenvalue weighted by Crippen LogP contribution is -2.37. The van der Waals surface area contributed by atoms with Gasteiger partial charge in [-0.15, -0.1) is 0 Å². The Bertz CT molecular complexity index is 523. The first-order valence-corrected chi connectivity index (χ1v) is 7.37. The molecule has 5 nitrogen and oxygen atoms in total. The van der Waals surface area contributed by atoms with Crippen molar-refractivity contribution < 1.29 is 17.5 Å². The molecule has 0 amide bonds. The Morgan fingerprint density at radius 1 is 1.47 bits per heavy atom. The quantitative estimate of drug-likeness (QED) is 0.776. The lowest BCUT2D eigenvalue weighted by molar-refractivity contribution is 0.173. The third kappa shape index (κ3) is 3.89. The molecule has 1 rings (SSSR count). The van der Waals surface area contributed by atoms with Crippen molar-refractivity contribution in [2.24, 2.45) is 0 Å². The van der Waals surface area contributed by atoms with E-state index in [9.17, 15) is 12.8 Å². The van der Waals surface area contributed by atoms with Gasteiger partial charge in [0.25, 0.3) is 0 Å². The zero-order valence-electron chi connectivity index (χ0n) is 11.2. The Morgan fingerprint density at radius 2 is 2.11 bits per heavy atom. The van der Waals surface area contributed by atoms with Crippen LogP contribution in [0.25, 0.3) is 0 Å². The van der Waals surface area contributed by atoms with Gasteiger partial charge in [-0.1, -0.05) is 6.92 Å². The molecular formula is C12H19FN2O3S. The minimum atomic E-state index is -3.81. The zero-order chi connectivity index (χ0) is 14.6. The Morgan fingerprint density at radius 3 is 2.58 bits per heavy atom. The van der Waals surface area contributed by atoms with Crippen LogP contribution in [0.4, 0.5) is 10.1 Å². The van der Waals surface area contributed by atoms with Crippen LogP contribution in [-0.2, 0) is 14.8 Å². The molecule has 7 heteroatoms. The second kappa shape index (κ2) is 6.31. The molecule has 1 aromatic carbocycles. The summed E-state index contributed by atoms with van der Waals surface area (Å²) < 4.78 is 45.1. The molecule has 0 aliphatic carbocycles. The van der Waals surface area contributed by atoms with E-state index in [1.807, 2.05) is 6.92 Å². The van der Waals surface area contributed by atoms with Gasteiger partial charge in [-0.05, 0) is 25.5 Å². The maximum Gasteiger partial charge on any atom is 0.241 e. The van der Waals surface area contributed by atoms with E-state index in [1.54, 1.807) is 0 Å². The van der Waals surface area contributed by atoms with E-state index < -0.39 is 15.8 Å². The number of sulfonamides is 1. The minimum Gasteiger partial charge on any atom is -0.398 e. The molecule has 0 aliphatic heterocycles. The van der Waals surface area contributed by atoms with Crippen molar-refractivity contribution in [3.8, 4) is 0 Å². The van der Waals surface area contributed by atoms with Crippen molar-refractivity contribution in [2.75, 3.05) is 19.5 Å². The molecule has 1 unspecified atom stereocenters. The number of halogens is 1. The Balaban J connectivity index is 3.07. The molecule has 0 heterocycles. The first-order chi connectivity index (χ1) is 8.81. The van der Waals surface area contributed by atoms with Crippen molar-refractivity contribution in [1.82, 2.24) is 4.72 Å². The number of rotatable bonds is 6. The number of nitrogens with two attached hydrogens (primary N) is 1. The molecule has 3 N–H and O–H groups in total. The molecule has 0 bridgehead atoms. The van der Waals surface area contributed by atoms with Gasteiger partial charge in [-0.25, -0.2) is 17.5 Å². The van der Waals surface area contributed by atoms with E-state index in [1.165, 1.54) is 20.1 Å². The number of hydrogen-bond donors (Lipinski definition) is 2. The van der Waals surface area contributed by atoms with E-state index >= 15 is 0 Å². The van der Waals surface area contributed by atoms with Crippen LogP contribution >= 0.6 is 0 Å². The summed E-state index contributed by atoms with van der Waals surface area (Å²) in [7, 11) is -2.32. The highest BCUT2D eigenvalue weighted by Crippen LogP contribution is 2.21. The van der Waals surface area contributed by atoms with E-state index in [4.69, 9.17) is 10.5 Å². The van der Waals surface area contributed by atoms with Crippen LogP contribution in [0.15, 0.2) is 17.0 Å². The van der Waals surface area contributed by atoms with E-state index in [0.29, 0.717) is 6.42 Å². The molecule has 0 saturated heterocycles. The predicted molar refractivity (Wildman–Crippen MR) is 71.8 cm³/mol. The third-order valence-electron chi connectivity index (χ3n) is 2.85. The van der Waals surface area contributed by atoms with Crippen LogP contribution in [0, 0.1) is 12.7 Å². The van der Waals surface area contributed by atoms with Crippen molar-refractivity contribution >= 4 is 15.7 Å². The second-order valence-electron chi connectivity index (χ2n) is 4.30. The average molecular weight is 290 g/mol. The van der Waals surface area contributed by atoms with E-state index in [-0.39, 0.29) is 28.8 Å². The fraction of sp³-hybridized carbons (Fsp3) is 0.500. The van der Waals surface area contributed by atoms with Crippen molar-refractivity contribution in [1.29, 1.82) is 0 Å². The number of nitrogen functional groups attached to an aromatic ring is 1. The van der Waals surface area contributed by atoms with Gasteiger partial charge in [0.05, 0.1) is 11.5 Å². The fourth-order valence-electron chi connectivity index (χ4n) is 1.55. The van der Waals surface area contributed by atoms with Crippen molar-refractivity contribution in [3.05, 3.63) is 23.5 Å². The summed E-state index contributed by atoms with van der Waals surface area (Å²) in [5.41, 5.74) is 5.93. The normalized spacial score (nSPS) is 13.5. The summed E-state index contributed by atoms with van der Waals surface area (Å²) in [5, 5.41) is 0. The number of nitrogens with one attached hydrogen (secondary N) is 1. The third-order valence-corrected chi connectivity index (χ3v) is 4.35. The Kier molecular flexibility index (Phi) is 5.28. The summed E-state index contributed by atoms with van der Waals surface area (Å²) in [6, 6.07) is 1.86. The lowest BCUT2D eigenvalue weighted by Gasteiger charge is -2.16. The lowest BCUT2D eigenvalue weighted by atomic mass is 10.2. The molecule has 0 aromatic heterocycles. The molecule has 0 spiro atoms. The van der Waals surface area contributed by atoms with Crippen LogP contribution in [0.2, 0.25) is 0 Å². The first kappa shape index (κ1) is 15.9. The van der Waals surface area contributed by atoms with Crippen LogP contribution in [0.3, 0.4) is 0 Å². The van der Waals surface area contributed by atoms with Gasteiger partial charge in [0.2, 0.25) is 10.0 Å². The summed E-state index contributed by atoms with van der Waals surface area (Å²) in [6.07, 6.45) is 0.566. The van der Waals surface area contributed by atoms with E-state index in [0.717, 1.165) is 6.07 Å². The molecule has 108 valence electrons. The van der Waals surface area contributed by atoms with Gasteiger partial charge >= 0.3 is 0 Å². The smallest absolute Gasteiger partial charge is 0.241 e. The molecular weight excluding hydrogens is 271 g/mol. The van der Waals surface area contributed by atoms with Gasteiger partial charge in [0.15, 0.2) is 0 Å². The largest absolute Gasteiger partial charge is 0.398 e. The second-order valence-corrected chi connectivity index (χ2v) is 6.02. The molecule has 0 aliphatic rings. The molecule has 0 radical (unpaired) electrons. The van der Waals surface area contributed by atoms with Crippen LogP contribution in [0.5, 0.6) is 0 Å². The van der Waals surface area contributed by atoms with Gasteiger partial charge < -0.3 is 10.5 Å². The highest BCUT2D eigenvalue weighted by molar-refractivity contribution is 7.89. The maximum absolute atomic E-state index is 13.5. The van der Waals surface area contributed by atoms with E-state index in [2.05, 4.69) is 4.72 Å². The molecule has 1 aromatic rings. The summed E-state index contributed by atoms with van der Waals surface area (Å²) >= 11 is 0. The Labute approximate surface area is 113 Å². The molecule has 19 heavy (non-hydrogen) atoms. The summed E-state index contributed by atoms with van der Waals surface area (Å²) in [5.74, 6) is -0.639. The monoisotopic (exact) mass is 290 g/mol. The zero-order valence-corrected chi connectivity index (χ0v) is 12.1. The predicted octanol–water partition coefficient (Wildman–Crippen LogP) is 1.42. The van der Waals surface area contributed by atoms with Crippen molar-refractivity contribution in [3.63, 3.8) is 0 Å². The average Bonchev–Trinajstić information content (AvgIpc) is 2.34. The van der Waals surface area contributed by atoms with Crippen molar-refractivity contribution in [2.45, 2.75) is 31.2 Å². The number of hydrogen-bond acceptors (Lipinski definition) is 4. The number of methoxy groups -OCH3 is 1. The molecule has 0 fully saturated rings. The van der Waals surface area contributed by atoms with Gasteiger partial charge in [-0.2, -0.15) is 0 Å². The summed E-state index contributed by atoms with van der Waals surface area (Å²) in [4.78, 5) is -0.178. The fourth-order valence-corrected chi connectivity index (χ4v) is 2.90. The van der Waals surface area contributed by atoms with Crippen LogP contribution < -0.4 is 10.5 Å². The van der Waals surface area contributed by atoms with Gasteiger partial charge in [0.1, 0.15) is 5.82 Å². The number of ether oxygens (including phenoxy) is 1. The molecule has 1 atom stereocenters. The topological polar surface area (TPSA) is 81.4 Å². The first-order valence-electron chi connectivity index (χ1n) is 5.88. The molecule has 0 saturated carbocycles.